The van der Waals surface area contributed by atoms with Gasteiger partial charge in [0.15, 0.2) is 12.1 Å². The van der Waals surface area contributed by atoms with Crippen molar-refractivity contribution in [1.82, 2.24) is 15.1 Å². The number of hydrogen-bond donors (Lipinski definition) is 2. The number of benzene rings is 3. The maximum atomic E-state index is 14.3. The Morgan fingerprint density at radius 2 is 1.58 bits per heavy atom. The van der Waals surface area contributed by atoms with Crippen LogP contribution in [0.1, 0.15) is 152 Å². The van der Waals surface area contributed by atoms with E-state index in [0.717, 1.165) is 134 Å². The number of likely N-dealkylation sites (N-methyl/N-ethyl adjacent to an activating group) is 1. The number of nitrogens with zero attached hydrogens (tertiary/aromatic N) is 5. The number of unbranched alkanes of at least 4 members (excludes halogenated alkanes) is 1. The van der Waals surface area contributed by atoms with Gasteiger partial charge in [0.1, 0.15) is 29.7 Å². The lowest BCUT2D eigenvalue weighted by Crippen LogP contribution is -2.50. The van der Waals surface area contributed by atoms with E-state index in [-0.39, 0.29) is 34.9 Å². The standard InChI is InChI=1S/C19H29F2N3O.C16H22O2.C14H19N3O.C7H13NO2.C2H6/c1-3-7-23(8-4-2)13-15-5-9-24(10-6-15)19-12-16(20)18(22-14-25)11-17(19)21;1-4-6-7-13-8-9-15(14(10-13)11-17)16(18)12(3)5-2;1-11-10-16(2)6-7-17(11)13-5-4-12(9-15)14(8-13)18-3;1-6(4-3-5-9)7(10)8-2;1-2/h11-12,14-15H,3-10,13H2,1-2H3,(H,22,25);8-12H,4-7H2,1-3H3;4-5,8,11H,6-7,10H2,1-3H3;5-6H,3-4H2,1-2H3,(H,8,10);1-2H3. The summed E-state index contributed by atoms with van der Waals surface area (Å²) in [4.78, 5) is 63.5. The number of piperazine rings is 1. The Balaban J connectivity index is 0.000000501. The van der Waals surface area contributed by atoms with E-state index in [4.69, 9.17) is 10.00 Å². The number of aldehydes is 2. The van der Waals surface area contributed by atoms with Gasteiger partial charge in [-0.1, -0.05) is 73.9 Å². The number of hydrogen-bond acceptors (Lipinski definition) is 11. The second kappa shape index (κ2) is 37.1. The zero-order valence-electron chi connectivity index (χ0n) is 46.3. The van der Waals surface area contributed by atoms with E-state index in [1.165, 1.54) is 6.07 Å². The minimum absolute atomic E-state index is 0.00171. The highest BCUT2D eigenvalue weighted by Crippen LogP contribution is 2.31. The Labute approximate surface area is 437 Å². The van der Waals surface area contributed by atoms with Crippen LogP contribution in [0.3, 0.4) is 0 Å². The molecule has 2 amide bonds. The van der Waals surface area contributed by atoms with E-state index in [9.17, 15) is 32.8 Å². The number of methoxy groups -OCH3 is 1. The molecule has 73 heavy (non-hydrogen) atoms. The molecule has 13 nitrogen and oxygen atoms in total. The maximum Gasteiger partial charge on any atom is 0.222 e. The van der Waals surface area contributed by atoms with Crippen LogP contribution in [0.25, 0.3) is 0 Å². The Morgan fingerprint density at radius 3 is 2.11 bits per heavy atom. The fourth-order valence-electron chi connectivity index (χ4n) is 8.69. The van der Waals surface area contributed by atoms with Crippen molar-refractivity contribution in [1.29, 1.82) is 5.26 Å². The zero-order valence-corrected chi connectivity index (χ0v) is 46.3. The van der Waals surface area contributed by atoms with E-state index < -0.39 is 11.6 Å². The number of nitriles is 1. The van der Waals surface area contributed by atoms with Gasteiger partial charge in [-0.15, -0.1) is 0 Å². The number of carbonyl (C=O) groups is 5. The molecule has 0 aliphatic carbocycles. The molecule has 0 spiro atoms. The van der Waals surface area contributed by atoms with Crippen molar-refractivity contribution in [3.05, 3.63) is 82.4 Å². The minimum Gasteiger partial charge on any atom is -0.495 e. The summed E-state index contributed by atoms with van der Waals surface area (Å²) in [5.74, 6) is 0.161. The number of ketones is 1. The maximum absolute atomic E-state index is 14.3. The summed E-state index contributed by atoms with van der Waals surface area (Å²) in [5, 5.41) is 13.7. The third-order valence-electron chi connectivity index (χ3n) is 13.1. The summed E-state index contributed by atoms with van der Waals surface area (Å²) in [6.45, 7) is 26.4. The second-order valence-electron chi connectivity index (χ2n) is 18.7. The van der Waals surface area contributed by atoms with Gasteiger partial charge in [0.05, 0.1) is 24.0 Å². The third kappa shape index (κ3) is 22.5. The number of halogens is 2. The van der Waals surface area contributed by atoms with Crippen molar-refractivity contribution in [2.45, 2.75) is 133 Å². The van der Waals surface area contributed by atoms with E-state index in [1.807, 2.05) is 75.9 Å². The molecule has 0 aromatic heterocycles. The molecule has 2 saturated heterocycles. The van der Waals surface area contributed by atoms with Crippen LogP contribution in [-0.2, 0) is 20.8 Å². The molecule has 0 bridgehead atoms. The van der Waals surface area contributed by atoms with Crippen molar-refractivity contribution < 1.29 is 37.5 Å². The summed E-state index contributed by atoms with van der Waals surface area (Å²) in [6.07, 6.45) is 11.4. The Hall–Kier alpha value is -5.72. The number of Topliss-reactive ketones (excluding diaryl/α,β-unsaturated/α-hetero) is 1. The van der Waals surface area contributed by atoms with Gasteiger partial charge in [-0.25, -0.2) is 8.78 Å². The normalized spacial score (nSPS) is 15.2. The Morgan fingerprint density at radius 1 is 0.904 bits per heavy atom. The quantitative estimate of drug-likeness (QED) is 0.0730. The van der Waals surface area contributed by atoms with Gasteiger partial charge in [0.25, 0.3) is 0 Å². The lowest BCUT2D eigenvalue weighted by atomic mass is 9.92. The second-order valence-corrected chi connectivity index (χ2v) is 18.7. The molecule has 2 fully saturated rings. The largest absolute Gasteiger partial charge is 0.495 e. The third-order valence-corrected chi connectivity index (χ3v) is 13.1. The molecule has 5 rings (SSSR count). The van der Waals surface area contributed by atoms with E-state index in [1.54, 1.807) is 14.2 Å². The number of amides is 2. The number of nitrogens with one attached hydrogen (secondary N) is 2. The van der Waals surface area contributed by atoms with Crippen LogP contribution < -0.4 is 25.2 Å². The molecule has 2 aliphatic heterocycles. The summed E-state index contributed by atoms with van der Waals surface area (Å²) in [6, 6.07) is 16.3. The molecular formula is C58H89F2N7O6. The lowest BCUT2D eigenvalue weighted by molar-refractivity contribution is -0.124. The van der Waals surface area contributed by atoms with Crippen LogP contribution in [0.5, 0.6) is 5.75 Å². The van der Waals surface area contributed by atoms with E-state index in [0.29, 0.717) is 53.7 Å². The van der Waals surface area contributed by atoms with Crippen LogP contribution in [0.15, 0.2) is 48.5 Å². The van der Waals surface area contributed by atoms with Gasteiger partial charge < -0.3 is 39.8 Å². The summed E-state index contributed by atoms with van der Waals surface area (Å²) in [7, 11) is 5.35. The molecule has 2 N–H and O–H groups in total. The predicted molar refractivity (Wildman–Crippen MR) is 294 cm³/mol. The van der Waals surface area contributed by atoms with E-state index in [2.05, 4.69) is 66.1 Å². The molecule has 0 saturated carbocycles. The average Bonchev–Trinajstić information content (AvgIpc) is 3.41. The van der Waals surface area contributed by atoms with Gasteiger partial charge >= 0.3 is 0 Å². The molecule has 2 heterocycles. The van der Waals surface area contributed by atoms with E-state index >= 15 is 0 Å². The first-order chi connectivity index (χ1) is 35.1. The van der Waals surface area contributed by atoms with Crippen LogP contribution in [0.4, 0.5) is 25.8 Å². The Bertz CT molecular complexity index is 2140. The molecule has 406 valence electrons. The van der Waals surface area contributed by atoms with Crippen LogP contribution in [0, 0.1) is 40.7 Å². The van der Waals surface area contributed by atoms with Crippen molar-refractivity contribution in [3.8, 4) is 11.8 Å². The van der Waals surface area contributed by atoms with Gasteiger partial charge in [0.2, 0.25) is 12.3 Å². The number of ether oxygens (including phenoxy) is 1. The summed E-state index contributed by atoms with van der Waals surface area (Å²) >= 11 is 0. The SMILES string of the molecule is CC.CCCCc1ccc(C(=O)C(C)CC)c(C=O)c1.CCCN(CCC)CC1CCN(c2cc(F)c(NC=O)cc2F)CC1.CNC(=O)C(C)CCC=O.COc1cc(N2CCN(C)CC2C)ccc1C#N. The predicted octanol–water partition coefficient (Wildman–Crippen LogP) is 11.0. The van der Waals surface area contributed by atoms with Crippen molar-refractivity contribution in [3.63, 3.8) is 0 Å². The smallest absolute Gasteiger partial charge is 0.222 e. The number of anilines is 3. The average molecular weight is 1020 g/mol. The summed E-state index contributed by atoms with van der Waals surface area (Å²) in [5.41, 5.74) is 4.12. The number of piperidine rings is 1. The molecule has 3 atom stereocenters. The van der Waals surface area contributed by atoms with Gasteiger partial charge in [-0.2, -0.15) is 5.26 Å². The number of aryl methyl sites for hydroxylation is 1. The van der Waals surface area contributed by atoms with Gasteiger partial charge in [-0.3, -0.25) is 19.2 Å². The fourth-order valence-corrected chi connectivity index (χ4v) is 8.69. The monoisotopic (exact) mass is 1020 g/mol. The lowest BCUT2D eigenvalue weighted by Gasteiger charge is -2.39. The molecule has 3 aromatic rings. The van der Waals surface area contributed by atoms with Gasteiger partial charge in [0, 0.05) is 106 Å². The topological polar surface area (TPSA) is 155 Å². The van der Waals surface area contributed by atoms with Crippen LogP contribution in [-0.4, -0.2) is 120 Å². The molecule has 0 radical (unpaired) electrons. The molecule has 15 heteroatoms. The molecular weight excluding hydrogens is 929 g/mol. The van der Waals surface area contributed by atoms with Crippen molar-refractivity contribution in [2.75, 3.05) is 88.7 Å². The first-order valence-corrected chi connectivity index (χ1v) is 26.6. The first kappa shape index (κ1) is 65.3. The van der Waals surface area contributed by atoms with Crippen molar-refractivity contribution >= 4 is 47.7 Å². The minimum atomic E-state index is -0.609. The first-order valence-electron chi connectivity index (χ1n) is 26.6. The number of rotatable bonds is 22. The molecule has 3 aromatic carbocycles. The highest BCUT2D eigenvalue weighted by Gasteiger charge is 2.25. The van der Waals surface area contributed by atoms with Gasteiger partial charge in [-0.05, 0) is 108 Å². The molecule has 2 aliphatic rings. The van der Waals surface area contributed by atoms with Crippen LogP contribution in [0.2, 0.25) is 0 Å². The molecule has 3 unspecified atom stereocenters. The Kier molecular flexibility index (Phi) is 33.2. The highest BCUT2D eigenvalue weighted by molar-refractivity contribution is 6.04. The van der Waals surface area contributed by atoms with Crippen molar-refractivity contribution in [2.24, 2.45) is 17.8 Å². The zero-order chi connectivity index (χ0) is 54.9. The van der Waals surface area contributed by atoms with Crippen LogP contribution >= 0.6 is 0 Å². The summed E-state index contributed by atoms with van der Waals surface area (Å²) < 4.78 is 33.5. The number of carbonyl (C=O) groups excluding carboxylic acids is 5. The highest BCUT2D eigenvalue weighted by atomic mass is 19.1. The fraction of sp³-hybridized carbons (Fsp3) is 0.586.